The Morgan fingerprint density at radius 2 is 2.15 bits per heavy atom. The van der Waals surface area contributed by atoms with Crippen LogP contribution in [0.25, 0.3) is 5.69 Å². The summed E-state index contributed by atoms with van der Waals surface area (Å²) in [4.78, 5) is 19.1. The number of halogens is 1. The first-order valence-electron chi connectivity index (χ1n) is 8.97. The van der Waals surface area contributed by atoms with Gasteiger partial charge in [-0.3, -0.25) is 14.3 Å². The highest BCUT2D eigenvalue weighted by Gasteiger charge is 2.28. The average molecular weight is 409 g/mol. The van der Waals surface area contributed by atoms with Crippen LogP contribution in [0.15, 0.2) is 41.8 Å². The molecular weight excluding hydrogens is 384 g/mol. The van der Waals surface area contributed by atoms with E-state index in [0.717, 1.165) is 37.1 Å². The van der Waals surface area contributed by atoms with Crippen LogP contribution in [-0.2, 0) is 9.53 Å². The zero-order chi connectivity index (χ0) is 19.3. The second kappa shape index (κ2) is 9.10. The molecule has 6 nitrogen and oxygen atoms in total. The van der Waals surface area contributed by atoms with E-state index in [9.17, 15) is 4.79 Å². The van der Waals surface area contributed by atoms with Crippen molar-refractivity contribution in [2.75, 3.05) is 38.6 Å². The van der Waals surface area contributed by atoms with Gasteiger partial charge in [0.25, 0.3) is 0 Å². The lowest BCUT2D eigenvalue weighted by Gasteiger charge is -2.40. The minimum Gasteiger partial charge on any atom is -0.379 e. The maximum Gasteiger partial charge on any atom is 0.230 e. The summed E-state index contributed by atoms with van der Waals surface area (Å²) in [6.07, 6.45) is 3.59. The van der Waals surface area contributed by atoms with Crippen LogP contribution >= 0.6 is 23.4 Å². The number of nitrogens with zero attached hydrogens (tertiary/aromatic N) is 3. The number of ether oxygens (including phenoxy) is 1. The SMILES string of the molecule is CC(C)(CNC(=O)CSc1nccn1-c1cccc(Cl)c1)N1CCOCC1. The van der Waals surface area contributed by atoms with E-state index in [0.29, 0.717) is 17.3 Å². The van der Waals surface area contributed by atoms with Gasteiger partial charge in [0.2, 0.25) is 5.91 Å². The normalized spacial score (nSPS) is 15.7. The molecular formula is C19H25ClN4O2S. The predicted octanol–water partition coefficient (Wildman–Crippen LogP) is 2.84. The molecule has 8 heteroatoms. The number of hydrogen-bond acceptors (Lipinski definition) is 5. The van der Waals surface area contributed by atoms with Crippen LogP contribution in [0.1, 0.15) is 13.8 Å². The van der Waals surface area contributed by atoms with Gasteiger partial charge in [0.05, 0.1) is 19.0 Å². The summed E-state index contributed by atoms with van der Waals surface area (Å²) < 4.78 is 7.34. The fraction of sp³-hybridized carbons (Fsp3) is 0.474. The molecule has 2 aromatic rings. The van der Waals surface area contributed by atoms with E-state index < -0.39 is 0 Å². The van der Waals surface area contributed by atoms with Crippen molar-refractivity contribution >= 4 is 29.3 Å². The summed E-state index contributed by atoms with van der Waals surface area (Å²) in [5, 5.41) is 4.48. The van der Waals surface area contributed by atoms with E-state index in [1.807, 2.05) is 35.0 Å². The summed E-state index contributed by atoms with van der Waals surface area (Å²) >= 11 is 7.48. The molecule has 0 aliphatic carbocycles. The Morgan fingerprint density at radius 3 is 2.89 bits per heavy atom. The molecule has 3 rings (SSSR count). The minimum atomic E-state index is -0.0939. The number of nitrogens with one attached hydrogen (secondary N) is 1. The maximum absolute atomic E-state index is 12.3. The Bertz CT molecular complexity index is 775. The first-order valence-corrected chi connectivity index (χ1v) is 10.3. The van der Waals surface area contributed by atoms with Crippen LogP contribution in [0.3, 0.4) is 0 Å². The molecule has 27 heavy (non-hydrogen) atoms. The third-order valence-electron chi connectivity index (χ3n) is 4.61. The van der Waals surface area contributed by atoms with Crippen molar-refractivity contribution in [2.24, 2.45) is 0 Å². The van der Waals surface area contributed by atoms with Gasteiger partial charge in [-0.15, -0.1) is 0 Å². The van der Waals surface area contributed by atoms with Gasteiger partial charge in [-0.25, -0.2) is 4.98 Å². The van der Waals surface area contributed by atoms with Gasteiger partial charge >= 0.3 is 0 Å². The number of rotatable bonds is 7. The maximum atomic E-state index is 12.3. The Morgan fingerprint density at radius 1 is 1.37 bits per heavy atom. The smallest absolute Gasteiger partial charge is 0.230 e. The molecule has 1 saturated heterocycles. The standard InChI is InChI=1S/C19H25ClN4O2S/c1-19(2,23-8-10-26-11-9-23)14-22-17(25)13-27-18-21-6-7-24(18)16-5-3-4-15(20)12-16/h3-7,12H,8-11,13-14H2,1-2H3,(H,22,25). The van der Waals surface area contributed by atoms with Gasteiger partial charge in [-0.05, 0) is 32.0 Å². The van der Waals surface area contributed by atoms with E-state index in [1.165, 1.54) is 11.8 Å². The lowest BCUT2D eigenvalue weighted by molar-refractivity contribution is -0.119. The minimum absolute atomic E-state index is 0.00183. The molecule has 1 aliphatic rings. The number of hydrogen-bond donors (Lipinski definition) is 1. The Balaban J connectivity index is 1.52. The molecule has 146 valence electrons. The molecule has 1 aliphatic heterocycles. The highest BCUT2D eigenvalue weighted by Crippen LogP contribution is 2.22. The van der Waals surface area contributed by atoms with Crippen molar-refractivity contribution in [1.29, 1.82) is 0 Å². The van der Waals surface area contributed by atoms with Crippen LogP contribution in [-0.4, -0.2) is 64.5 Å². The van der Waals surface area contributed by atoms with E-state index in [2.05, 4.69) is 29.0 Å². The topological polar surface area (TPSA) is 59.4 Å². The van der Waals surface area contributed by atoms with Crippen LogP contribution < -0.4 is 5.32 Å². The molecule has 0 unspecified atom stereocenters. The number of benzene rings is 1. The number of morpholine rings is 1. The molecule has 0 bridgehead atoms. The highest BCUT2D eigenvalue weighted by molar-refractivity contribution is 7.99. The van der Waals surface area contributed by atoms with Crippen molar-refractivity contribution in [3.63, 3.8) is 0 Å². The summed E-state index contributed by atoms with van der Waals surface area (Å²) in [7, 11) is 0. The van der Waals surface area contributed by atoms with E-state index in [-0.39, 0.29) is 11.4 Å². The van der Waals surface area contributed by atoms with Crippen LogP contribution in [0.2, 0.25) is 5.02 Å². The van der Waals surface area contributed by atoms with E-state index in [1.54, 1.807) is 6.20 Å². The molecule has 2 heterocycles. The second-order valence-electron chi connectivity index (χ2n) is 7.04. The Labute approximate surface area is 169 Å². The van der Waals surface area contributed by atoms with E-state index >= 15 is 0 Å². The van der Waals surface area contributed by atoms with Crippen LogP contribution in [0, 0.1) is 0 Å². The fourth-order valence-electron chi connectivity index (χ4n) is 3.00. The summed E-state index contributed by atoms with van der Waals surface area (Å²) in [5.74, 6) is 0.318. The number of carbonyl (C=O) groups is 1. The molecule has 1 N–H and O–H groups in total. The molecule has 1 amide bonds. The van der Waals surface area contributed by atoms with Crippen molar-refractivity contribution in [3.05, 3.63) is 41.7 Å². The average Bonchev–Trinajstić information content (AvgIpc) is 3.14. The first kappa shape index (κ1) is 20.2. The largest absolute Gasteiger partial charge is 0.379 e. The van der Waals surface area contributed by atoms with Gasteiger partial charge in [-0.1, -0.05) is 29.4 Å². The molecule has 1 aromatic carbocycles. The van der Waals surface area contributed by atoms with Crippen molar-refractivity contribution in [2.45, 2.75) is 24.5 Å². The van der Waals surface area contributed by atoms with Gasteiger partial charge in [-0.2, -0.15) is 0 Å². The van der Waals surface area contributed by atoms with Gasteiger partial charge in [0.1, 0.15) is 0 Å². The molecule has 0 radical (unpaired) electrons. The van der Waals surface area contributed by atoms with Crippen molar-refractivity contribution in [1.82, 2.24) is 19.8 Å². The molecule has 0 spiro atoms. The van der Waals surface area contributed by atoms with Crippen LogP contribution in [0.4, 0.5) is 0 Å². The lowest BCUT2D eigenvalue weighted by atomic mass is 10.0. The highest BCUT2D eigenvalue weighted by atomic mass is 35.5. The fourth-order valence-corrected chi connectivity index (χ4v) is 3.98. The number of thioether (sulfide) groups is 1. The number of imidazole rings is 1. The quantitative estimate of drug-likeness (QED) is 0.714. The monoisotopic (exact) mass is 408 g/mol. The number of carbonyl (C=O) groups excluding carboxylic acids is 1. The Kier molecular flexibility index (Phi) is 6.81. The van der Waals surface area contributed by atoms with Crippen molar-refractivity contribution in [3.8, 4) is 5.69 Å². The molecule has 0 saturated carbocycles. The molecule has 1 aromatic heterocycles. The van der Waals surface area contributed by atoms with Crippen molar-refractivity contribution < 1.29 is 9.53 Å². The number of amides is 1. The summed E-state index contributed by atoms with van der Waals surface area (Å²) in [6, 6.07) is 7.56. The third kappa shape index (κ3) is 5.48. The van der Waals surface area contributed by atoms with Gasteiger partial charge in [0, 0.05) is 48.3 Å². The van der Waals surface area contributed by atoms with Gasteiger partial charge in [0.15, 0.2) is 5.16 Å². The predicted molar refractivity (Wildman–Crippen MR) is 109 cm³/mol. The van der Waals surface area contributed by atoms with E-state index in [4.69, 9.17) is 16.3 Å². The zero-order valence-corrected chi connectivity index (χ0v) is 17.2. The molecule has 1 fully saturated rings. The van der Waals surface area contributed by atoms with Gasteiger partial charge < -0.3 is 10.1 Å². The third-order valence-corrected chi connectivity index (χ3v) is 5.81. The Hall–Kier alpha value is -1.54. The lowest BCUT2D eigenvalue weighted by Crippen LogP contribution is -2.55. The molecule has 0 atom stereocenters. The summed E-state index contributed by atoms with van der Waals surface area (Å²) in [5.41, 5.74) is 0.833. The first-order chi connectivity index (χ1) is 13.0. The zero-order valence-electron chi connectivity index (χ0n) is 15.7. The van der Waals surface area contributed by atoms with Crippen LogP contribution in [0.5, 0.6) is 0 Å². The summed E-state index contributed by atoms with van der Waals surface area (Å²) in [6.45, 7) is 8.20. The number of aromatic nitrogens is 2. The second-order valence-corrected chi connectivity index (χ2v) is 8.42.